The molecule has 2 nitrogen and oxygen atoms in total. The van der Waals surface area contributed by atoms with Crippen molar-refractivity contribution in [2.24, 2.45) is 0 Å². The summed E-state index contributed by atoms with van der Waals surface area (Å²) in [5.74, 6) is 0.979. The zero-order valence-corrected chi connectivity index (χ0v) is 12.9. The van der Waals surface area contributed by atoms with E-state index in [-0.39, 0.29) is 0 Å². The van der Waals surface area contributed by atoms with Crippen molar-refractivity contribution in [3.63, 3.8) is 0 Å². The Morgan fingerprint density at radius 1 is 1.19 bits per heavy atom. The SMILES string of the molecule is CNC1CCCc2cc(OCc3cccc(C)c3)ccc21. The second kappa shape index (κ2) is 6.31. The molecule has 2 heteroatoms. The highest BCUT2D eigenvalue weighted by atomic mass is 16.5. The predicted molar refractivity (Wildman–Crippen MR) is 86.7 cm³/mol. The molecule has 0 aliphatic heterocycles. The first-order chi connectivity index (χ1) is 10.3. The summed E-state index contributed by atoms with van der Waals surface area (Å²) >= 11 is 0. The molecule has 0 radical (unpaired) electrons. The van der Waals surface area contributed by atoms with Gasteiger partial charge in [-0.25, -0.2) is 0 Å². The van der Waals surface area contributed by atoms with E-state index in [9.17, 15) is 0 Å². The van der Waals surface area contributed by atoms with Gasteiger partial charge in [-0.3, -0.25) is 0 Å². The van der Waals surface area contributed by atoms with Crippen molar-refractivity contribution in [3.8, 4) is 5.75 Å². The van der Waals surface area contributed by atoms with Gasteiger partial charge in [-0.2, -0.15) is 0 Å². The number of fused-ring (bicyclic) bond motifs is 1. The molecule has 1 aliphatic rings. The highest BCUT2D eigenvalue weighted by molar-refractivity contribution is 5.39. The predicted octanol–water partition coefficient (Wildman–Crippen LogP) is 4.17. The third kappa shape index (κ3) is 3.27. The minimum absolute atomic E-state index is 0.500. The number of hydrogen-bond acceptors (Lipinski definition) is 2. The van der Waals surface area contributed by atoms with Gasteiger partial charge in [0.2, 0.25) is 0 Å². The molecule has 0 heterocycles. The quantitative estimate of drug-likeness (QED) is 0.908. The molecule has 0 fully saturated rings. The first-order valence-electron chi connectivity index (χ1n) is 7.74. The Balaban J connectivity index is 1.72. The summed E-state index contributed by atoms with van der Waals surface area (Å²) in [6.07, 6.45) is 3.64. The van der Waals surface area contributed by atoms with E-state index in [1.54, 1.807) is 0 Å². The Morgan fingerprint density at radius 3 is 2.90 bits per heavy atom. The number of benzene rings is 2. The van der Waals surface area contributed by atoms with Crippen LogP contribution in [0.5, 0.6) is 5.75 Å². The Kier molecular flexibility index (Phi) is 4.26. The Hall–Kier alpha value is -1.80. The van der Waals surface area contributed by atoms with Crippen LogP contribution in [0.1, 0.15) is 41.1 Å². The summed E-state index contributed by atoms with van der Waals surface area (Å²) in [7, 11) is 2.04. The first-order valence-corrected chi connectivity index (χ1v) is 7.74. The van der Waals surface area contributed by atoms with Crippen LogP contribution in [0, 0.1) is 6.92 Å². The first kappa shape index (κ1) is 14.2. The average molecular weight is 281 g/mol. The molecule has 0 spiro atoms. The van der Waals surface area contributed by atoms with Crippen molar-refractivity contribution >= 4 is 0 Å². The fourth-order valence-corrected chi connectivity index (χ4v) is 3.15. The molecule has 1 aliphatic carbocycles. The van der Waals surface area contributed by atoms with Crippen LogP contribution >= 0.6 is 0 Å². The van der Waals surface area contributed by atoms with Crippen molar-refractivity contribution < 1.29 is 4.74 Å². The van der Waals surface area contributed by atoms with Gasteiger partial charge in [0, 0.05) is 6.04 Å². The third-order valence-electron chi connectivity index (χ3n) is 4.27. The molecule has 1 unspecified atom stereocenters. The summed E-state index contributed by atoms with van der Waals surface area (Å²) in [6.45, 7) is 2.75. The van der Waals surface area contributed by atoms with E-state index in [4.69, 9.17) is 4.74 Å². The van der Waals surface area contributed by atoms with Crippen molar-refractivity contribution in [1.29, 1.82) is 0 Å². The summed E-state index contributed by atoms with van der Waals surface area (Å²) in [4.78, 5) is 0. The number of hydrogen-bond donors (Lipinski definition) is 1. The van der Waals surface area contributed by atoms with Crippen molar-refractivity contribution in [1.82, 2.24) is 5.32 Å². The maximum Gasteiger partial charge on any atom is 0.120 e. The minimum Gasteiger partial charge on any atom is -0.489 e. The molecule has 0 bridgehead atoms. The molecule has 0 saturated carbocycles. The summed E-state index contributed by atoms with van der Waals surface area (Å²) < 4.78 is 5.96. The molecule has 1 atom stereocenters. The molecule has 21 heavy (non-hydrogen) atoms. The highest BCUT2D eigenvalue weighted by Gasteiger charge is 2.18. The smallest absolute Gasteiger partial charge is 0.120 e. The van der Waals surface area contributed by atoms with Crippen LogP contribution in [0.25, 0.3) is 0 Å². The molecule has 1 N–H and O–H groups in total. The fraction of sp³-hybridized carbons (Fsp3) is 0.368. The number of nitrogens with one attached hydrogen (secondary N) is 1. The van der Waals surface area contributed by atoms with E-state index >= 15 is 0 Å². The molecular weight excluding hydrogens is 258 g/mol. The van der Waals surface area contributed by atoms with E-state index in [0.29, 0.717) is 12.6 Å². The fourth-order valence-electron chi connectivity index (χ4n) is 3.15. The molecule has 0 aromatic heterocycles. The van der Waals surface area contributed by atoms with Crippen molar-refractivity contribution in [2.75, 3.05) is 7.05 Å². The van der Waals surface area contributed by atoms with E-state index < -0.39 is 0 Å². The van der Waals surface area contributed by atoms with Gasteiger partial charge in [-0.1, -0.05) is 35.9 Å². The lowest BCUT2D eigenvalue weighted by molar-refractivity contribution is 0.305. The van der Waals surface area contributed by atoms with Gasteiger partial charge < -0.3 is 10.1 Å². The molecular formula is C19H23NO. The van der Waals surface area contributed by atoms with Gasteiger partial charge in [-0.05, 0) is 62.1 Å². The van der Waals surface area contributed by atoms with Gasteiger partial charge >= 0.3 is 0 Å². The van der Waals surface area contributed by atoms with Gasteiger partial charge in [0.25, 0.3) is 0 Å². The zero-order valence-electron chi connectivity index (χ0n) is 12.9. The Bertz CT molecular complexity index is 621. The zero-order chi connectivity index (χ0) is 14.7. The lowest BCUT2D eigenvalue weighted by Gasteiger charge is -2.25. The van der Waals surface area contributed by atoms with Crippen LogP contribution < -0.4 is 10.1 Å². The van der Waals surface area contributed by atoms with Gasteiger partial charge in [0.15, 0.2) is 0 Å². The standard InChI is InChI=1S/C19H23NO/c1-14-5-3-6-15(11-14)13-21-17-9-10-18-16(12-17)7-4-8-19(18)20-2/h3,5-6,9-12,19-20H,4,7-8,13H2,1-2H3. The topological polar surface area (TPSA) is 21.3 Å². The maximum atomic E-state index is 5.96. The van der Waals surface area contributed by atoms with Crippen LogP contribution in [0.3, 0.4) is 0 Å². The molecule has 2 aromatic carbocycles. The van der Waals surface area contributed by atoms with E-state index in [2.05, 4.69) is 54.7 Å². The Morgan fingerprint density at radius 2 is 2.10 bits per heavy atom. The lowest BCUT2D eigenvalue weighted by atomic mass is 9.87. The van der Waals surface area contributed by atoms with Crippen LogP contribution in [0.15, 0.2) is 42.5 Å². The van der Waals surface area contributed by atoms with E-state index in [1.165, 1.54) is 35.1 Å². The van der Waals surface area contributed by atoms with E-state index in [1.807, 2.05) is 7.05 Å². The normalized spacial score (nSPS) is 17.3. The highest BCUT2D eigenvalue weighted by Crippen LogP contribution is 2.32. The van der Waals surface area contributed by atoms with Crippen molar-refractivity contribution in [3.05, 3.63) is 64.7 Å². The molecule has 0 amide bonds. The lowest BCUT2D eigenvalue weighted by Crippen LogP contribution is -2.21. The molecule has 2 aromatic rings. The summed E-state index contributed by atoms with van der Waals surface area (Å²) in [5.41, 5.74) is 5.37. The van der Waals surface area contributed by atoms with E-state index in [0.717, 1.165) is 12.2 Å². The number of aryl methyl sites for hydroxylation is 2. The third-order valence-corrected chi connectivity index (χ3v) is 4.27. The van der Waals surface area contributed by atoms with Crippen LogP contribution in [-0.2, 0) is 13.0 Å². The van der Waals surface area contributed by atoms with Crippen LogP contribution in [-0.4, -0.2) is 7.05 Å². The number of rotatable bonds is 4. The van der Waals surface area contributed by atoms with Crippen molar-refractivity contribution in [2.45, 2.75) is 38.8 Å². The van der Waals surface area contributed by atoms with Crippen LogP contribution in [0.4, 0.5) is 0 Å². The number of ether oxygens (including phenoxy) is 1. The van der Waals surface area contributed by atoms with Gasteiger partial charge in [0.1, 0.15) is 12.4 Å². The average Bonchev–Trinajstić information content (AvgIpc) is 2.52. The maximum absolute atomic E-state index is 5.96. The van der Waals surface area contributed by atoms with Gasteiger partial charge in [0.05, 0.1) is 0 Å². The minimum atomic E-state index is 0.500. The monoisotopic (exact) mass is 281 g/mol. The molecule has 110 valence electrons. The summed E-state index contributed by atoms with van der Waals surface area (Å²) in [6, 6.07) is 15.5. The van der Waals surface area contributed by atoms with Gasteiger partial charge in [-0.15, -0.1) is 0 Å². The Labute approximate surface area is 127 Å². The molecule has 3 rings (SSSR count). The largest absolute Gasteiger partial charge is 0.489 e. The second-order valence-corrected chi connectivity index (χ2v) is 5.87. The second-order valence-electron chi connectivity index (χ2n) is 5.87. The summed E-state index contributed by atoms with van der Waals surface area (Å²) in [5, 5.41) is 3.40. The molecule has 0 saturated heterocycles. The van der Waals surface area contributed by atoms with Crippen LogP contribution in [0.2, 0.25) is 0 Å².